The Bertz CT molecular complexity index is 1260. The van der Waals surface area contributed by atoms with Gasteiger partial charge in [-0.25, -0.2) is 4.98 Å². The predicted molar refractivity (Wildman–Crippen MR) is 155 cm³/mol. The Hall–Kier alpha value is -3.32. The molecule has 0 amide bonds. The maximum atomic E-state index is 13.0. The summed E-state index contributed by atoms with van der Waals surface area (Å²) in [6, 6.07) is 16.6. The highest BCUT2D eigenvalue weighted by Gasteiger charge is 2.25. The normalized spacial score (nSPS) is 17.8. The van der Waals surface area contributed by atoms with Gasteiger partial charge in [-0.05, 0) is 80.5 Å². The Labute approximate surface area is 229 Å². The van der Waals surface area contributed by atoms with E-state index in [0.717, 1.165) is 60.5 Å². The molecule has 38 heavy (non-hydrogen) atoms. The van der Waals surface area contributed by atoms with E-state index in [1.807, 2.05) is 26.0 Å². The minimum absolute atomic E-state index is 0.105. The van der Waals surface area contributed by atoms with Crippen molar-refractivity contribution in [3.05, 3.63) is 76.9 Å². The van der Waals surface area contributed by atoms with Gasteiger partial charge in [0.05, 0.1) is 23.7 Å². The van der Waals surface area contributed by atoms with Gasteiger partial charge in [-0.3, -0.25) is 4.79 Å². The number of aromatic nitrogens is 1. The third-order valence-electron chi connectivity index (χ3n) is 7.14. The zero-order valence-corrected chi connectivity index (χ0v) is 23.4. The Morgan fingerprint density at radius 1 is 1.13 bits per heavy atom. The van der Waals surface area contributed by atoms with Crippen molar-refractivity contribution in [1.29, 1.82) is 0 Å². The van der Waals surface area contributed by atoms with E-state index < -0.39 is 0 Å². The van der Waals surface area contributed by atoms with Crippen LogP contribution in [0, 0.1) is 12.8 Å². The number of nitrogens with zero attached hydrogens (tertiary/aromatic N) is 2. The first-order valence-electron chi connectivity index (χ1n) is 13.5. The molecule has 200 valence electrons. The summed E-state index contributed by atoms with van der Waals surface area (Å²) in [7, 11) is 0. The van der Waals surface area contributed by atoms with E-state index in [1.54, 1.807) is 0 Å². The first-order valence-corrected chi connectivity index (χ1v) is 14.3. The number of benzene rings is 2. The number of ketones is 1. The predicted octanol–water partition coefficient (Wildman–Crippen LogP) is 7.22. The Morgan fingerprint density at radius 3 is 2.53 bits per heavy atom. The van der Waals surface area contributed by atoms with Gasteiger partial charge in [-0.1, -0.05) is 37.0 Å². The summed E-state index contributed by atoms with van der Waals surface area (Å²) in [4.78, 5) is 20.5. The number of rotatable bonds is 12. The summed E-state index contributed by atoms with van der Waals surface area (Å²) in [6.07, 6.45) is 4.19. The molecule has 6 nitrogen and oxygen atoms in total. The molecule has 2 atom stereocenters. The van der Waals surface area contributed by atoms with Gasteiger partial charge in [0.15, 0.2) is 10.9 Å². The molecule has 1 unspecified atom stereocenters. The van der Waals surface area contributed by atoms with Crippen LogP contribution in [0.5, 0.6) is 11.5 Å². The fourth-order valence-corrected chi connectivity index (χ4v) is 5.75. The number of thiazole rings is 1. The molecule has 2 aromatic carbocycles. The zero-order chi connectivity index (χ0) is 26.6. The molecular weight excluding hydrogens is 494 g/mol. The second kappa shape index (κ2) is 11.6. The quantitative estimate of drug-likeness (QED) is 0.249. The number of hydrogen-bond donors (Lipinski definition) is 1. The van der Waals surface area contributed by atoms with E-state index in [0.29, 0.717) is 16.4 Å². The third-order valence-corrected chi connectivity index (χ3v) is 8.26. The highest BCUT2D eigenvalue weighted by Crippen LogP contribution is 2.32. The molecule has 1 aliphatic carbocycles. The Morgan fingerprint density at radius 2 is 1.84 bits per heavy atom. The Kier molecular flexibility index (Phi) is 8.03. The molecule has 0 bridgehead atoms. The van der Waals surface area contributed by atoms with Crippen molar-refractivity contribution in [2.24, 2.45) is 5.92 Å². The van der Waals surface area contributed by atoms with Gasteiger partial charge in [0.1, 0.15) is 17.6 Å². The van der Waals surface area contributed by atoms with Crippen molar-refractivity contribution >= 4 is 27.9 Å². The summed E-state index contributed by atoms with van der Waals surface area (Å²) in [6.45, 7) is 12.4. The van der Waals surface area contributed by atoms with Crippen molar-refractivity contribution in [3.63, 3.8) is 0 Å². The average molecular weight is 532 g/mol. The molecule has 2 aliphatic rings. The summed E-state index contributed by atoms with van der Waals surface area (Å²) >= 11 is 1.39. The van der Waals surface area contributed by atoms with Crippen LogP contribution < -0.4 is 19.7 Å². The van der Waals surface area contributed by atoms with Crippen LogP contribution >= 0.6 is 11.3 Å². The lowest BCUT2D eigenvalue weighted by Gasteiger charge is -2.20. The summed E-state index contributed by atoms with van der Waals surface area (Å²) in [5.41, 5.74) is 3.91. The van der Waals surface area contributed by atoms with Crippen LogP contribution in [0.2, 0.25) is 0 Å². The highest BCUT2D eigenvalue weighted by molar-refractivity contribution is 7.17. The smallest absolute Gasteiger partial charge is 0.187 e. The van der Waals surface area contributed by atoms with Crippen molar-refractivity contribution in [1.82, 2.24) is 4.98 Å². The van der Waals surface area contributed by atoms with Crippen LogP contribution in [0.25, 0.3) is 0 Å². The fraction of sp³-hybridized carbons (Fsp3) is 0.419. The van der Waals surface area contributed by atoms with Crippen LogP contribution in [0.4, 0.5) is 10.8 Å². The van der Waals surface area contributed by atoms with Crippen LogP contribution in [0.3, 0.4) is 0 Å². The maximum Gasteiger partial charge on any atom is 0.187 e. The topological polar surface area (TPSA) is 63.7 Å². The number of carbonyl (C=O) groups excluding carboxylic acids is 1. The van der Waals surface area contributed by atoms with Gasteiger partial charge >= 0.3 is 0 Å². The standard InChI is InChI=1S/C31H37N3O3S/c1-20(2)32-31-33-22(4)30(38-31)29(35)17-21(3)24-7-11-27(12-8-24)37-28-15-16-34(18-28)25-9-13-26(14-10-25)36-19-23-5-6-23/h7-14,21,23,28H,1,5-6,15-19H2,2-4H3,(H,32,33)/t21-,28?/m1/s1. The fourth-order valence-electron chi connectivity index (χ4n) is 4.76. The number of carbonyl (C=O) groups is 1. The molecular formula is C31H37N3O3S. The van der Waals surface area contributed by atoms with E-state index in [4.69, 9.17) is 9.47 Å². The molecule has 2 heterocycles. The number of nitrogens with one attached hydrogen (secondary N) is 1. The maximum absolute atomic E-state index is 13.0. The highest BCUT2D eigenvalue weighted by atomic mass is 32.1. The van der Waals surface area contributed by atoms with E-state index >= 15 is 0 Å². The van der Waals surface area contributed by atoms with Crippen molar-refractivity contribution < 1.29 is 14.3 Å². The second-order valence-electron chi connectivity index (χ2n) is 10.7. The van der Waals surface area contributed by atoms with Gasteiger partial charge in [-0.15, -0.1) is 0 Å². The zero-order valence-electron chi connectivity index (χ0n) is 22.5. The summed E-state index contributed by atoms with van der Waals surface area (Å²) in [5, 5.41) is 3.82. The molecule has 1 saturated carbocycles. The molecule has 0 radical (unpaired) electrons. The lowest BCUT2D eigenvalue weighted by molar-refractivity contribution is 0.0979. The average Bonchev–Trinajstić information content (AvgIpc) is 3.50. The SMILES string of the molecule is C=C(C)Nc1nc(C)c(C(=O)C[C@@H](C)c2ccc(OC3CCN(c4ccc(OCC5CC5)cc4)C3)cc2)s1. The lowest BCUT2D eigenvalue weighted by Crippen LogP contribution is -2.24. The second-order valence-corrected chi connectivity index (χ2v) is 11.7. The third kappa shape index (κ3) is 6.76. The molecule has 0 spiro atoms. The van der Waals surface area contributed by atoms with Gasteiger partial charge in [0, 0.05) is 30.8 Å². The molecule has 1 aromatic heterocycles. The number of Topliss-reactive ketones (excluding diaryl/α,β-unsaturated/α-hetero) is 1. The van der Waals surface area contributed by atoms with Crippen LogP contribution in [0.1, 0.15) is 66.4 Å². The van der Waals surface area contributed by atoms with Gasteiger partial charge in [-0.2, -0.15) is 0 Å². The van der Waals surface area contributed by atoms with Crippen molar-refractivity contribution in [3.8, 4) is 11.5 Å². The van der Waals surface area contributed by atoms with Crippen LogP contribution in [0.15, 0.2) is 60.8 Å². The molecule has 3 aromatic rings. The monoisotopic (exact) mass is 531 g/mol. The lowest BCUT2D eigenvalue weighted by atomic mass is 9.95. The van der Waals surface area contributed by atoms with E-state index in [2.05, 4.69) is 65.1 Å². The van der Waals surface area contributed by atoms with Gasteiger partial charge < -0.3 is 19.7 Å². The van der Waals surface area contributed by atoms with E-state index in [1.165, 1.54) is 29.9 Å². The minimum atomic E-state index is 0.105. The number of allylic oxidation sites excluding steroid dienone is 1. The van der Waals surface area contributed by atoms with Gasteiger partial charge in [0.2, 0.25) is 0 Å². The Balaban J connectivity index is 1.11. The molecule has 5 rings (SSSR count). The largest absolute Gasteiger partial charge is 0.493 e. The minimum Gasteiger partial charge on any atom is -0.493 e. The molecule has 1 N–H and O–H groups in total. The molecule has 2 fully saturated rings. The molecule has 1 aliphatic heterocycles. The summed E-state index contributed by atoms with van der Waals surface area (Å²) in [5.74, 6) is 2.81. The first-order chi connectivity index (χ1) is 18.3. The van der Waals surface area contributed by atoms with Crippen LogP contribution in [-0.2, 0) is 0 Å². The number of anilines is 2. The van der Waals surface area contributed by atoms with Crippen molar-refractivity contribution in [2.75, 3.05) is 29.9 Å². The van der Waals surface area contributed by atoms with E-state index in [-0.39, 0.29) is 17.8 Å². The number of hydrogen-bond acceptors (Lipinski definition) is 7. The molecule has 7 heteroatoms. The molecule has 1 saturated heterocycles. The van der Waals surface area contributed by atoms with Gasteiger partial charge in [0.25, 0.3) is 0 Å². The number of aryl methyl sites for hydroxylation is 1. The summed E-state index contributed by atoms with van der Waals surface area (Å²) < 4.78 is 12.2. The van der Waals surface area contributed by atoms with Crippen molar-refractivity contribution in [2.45, 2.75) is 58.5 Å². The number of ether oxygens (including phenoxy) is 2. The first kappa shape index (κ1) is 26.3. The van der Waals surface area contributed by atoms with E-state index in [9.17, 15) is 4.79 Å². The van der Waals surface area contributed by atoms with Crippen LogP contribution in [-0.4, -0.2) is 36.6 Å².